The molecule has 1 unspecified atom stereocenters. The number of thiophene rings is 1. The van der Waals surface area contributed by atoms with E-state index in [0.717, 1.165) is 4.88 Å². The largest absolute Gasteiger partial charge is 0.207 e. The second kappa shape index (κ2) is 4.52. The molecule has 78 valence electrons. The molecule has 0 nitrogen and oxygen atoms in total. The quantitative estimate of drug-likeness (QED) is 0.676. The van der Waals surface area contributed by atoms with Gasteiger partial charge in [0.2, 0.25) is 0 Å². The second-order valence-electron chi connectivity index (χ2n) is 3.04. The summed E-state index contributed by atoms with van der Waals surface area (Å²) in [5.41, 5.74) is 0.462. The van der Waals surface area contributed by atoms with Crippen LogP contribution in [0.25, 0.3) is 0 Å². The molecule has 4 heteroatoms. The standard InChI is InChI=1S/C11H7Cl2FS/c12-7-3-4-8(9(14)6-7)11(13)10-2-1-5-15-10/h1-6,11H. The van der Waals surface area contributed by atoms with Crippen molar-refractivity contribution >= 4 is 34.5 Å². The lowest BCUT2D eigenvalue weighted by Crippen LogP contribution is -1.94. The lowest BCUT2D eigenvalue weighted by molar-refractivity contribution is 0.613. The maximum absolute atomic E-state index is 13.5. The fraction of sp³-hybridized carbons (Fsp3) is 0.0909. The Morgan fingerprint density at radius 3 is 2.67 bits per heavy atom. The van der Waals surface area contributed by atoms with Crippen molar-refractivity contribution in [2.24, 2.45) is 0 Å². The topological polar surface area (TPSA) is 0 Å². The first-order valence-corrected chi connectivity index (χ1v) is 6.00. The van der Waals surface area contributed by atoms with Gasteiger partial charge in [-0.25, -0.2) is 4.39 Å². The maximum atomic E-state index is 13.5. The summed E-state index contributed by atoms with van der Waals surface area (Å²) in [5.74, 6) is -0.365. The highest BCUT2D eigenvalue weighted by Gasteiger charge is 2.15. The van der Waals surface area contributed by atoms with E-state index < -0.39 is 5.38 Å². The van der Waals surface area contributed by atoms with Gasteiger partial charge in [0.05, 0.1) is 5.38 Å². The average Bonchev–Trinajstić information content (AvgIpc) is 2.69. The molecule has 0 N–H and O–H groups in total. The van der Waals surface area contributed by atoms with E-state index in [0.29, 0.717) is 10.6 Å². The second-order valence-corrected chi connectivity index (χ2v) is 4.90. The summed E-state index contributed by atoms with van der Waals surface area (Å²) >= 11 is 13.3. The molecule has 2 aromatic rings. The Labute approximate surface area is 101 Å². The lowest BCUT2D eigenvalue weighted by Gasteiger charge is -2.08. The molecule has 1 aromatic carbocycles. The van der Waals surface area contributed by atoms with Crippen LogP contribution >= 0.6 is 34.5 Å². The zero-order chi connectivity index (χ0) is 10.8. The van der Waals surface area contributed by atoms with Crippen molar-refractivity contribution in [3.8, 4) is 0 Å². The summed E-state index contributed by atoms with van der Waals surface area (Å²) in [7, 11) is 0. The van der Waals surface area contributed by atoms with Gasteiger partial charge >= 0.3 is 0 Å². The zero-order valence-corrected chi connectivity index (χ0v) is 9.91. The normalized spacial score (nSPS) is 12.7. The van der Waals surface area contributed by atoms with E-state index >= 15 is 0 Å². The number of hydrogen-bond donors (Lipinski definition) is 0. The van der Waals surface area contributed by atoms with E-state index in [1.165, 1.54) is 17.4 Å². The van der Waals surface area contributed by atoms with Gasteiger partial charge in [-0.05, 0) is 23.6 Å². The van der Waals surface area contributed by atoms with E-state index in [1.807, 2.05) is 17.5 Å². The molecule has 1 aromatic heterocycles. The third-order valence-corrected chi connectivity index (χ3v) is 3.80. The highest BCUT2D eigenvalue weighted by molar-refractivity contribution is 7.10. The van der Waals surface area contributed by atoms with Crippen LogP contribution in [0.15, 0.2) is 35.7 Å². The molecule has 0 saturated heterocycles. The first-order valence-electron chi connectivity index (χ1n) is 4.31. The van der Waals surface area contributed by atoms with Gasteiger partial charge in [-0.2, -0.15) is 0 Å². The maximum Gasteiger partial charge on any atom is 0.129 e. The van der Waals surface area contributed by atoms with Crippen molar-refractivity contribution in [3.05, 3.63) is 57.0 Å². The summed E-state index contributed by atoms with van der Waals surface area (Å²) in [5, 5.41) is 1.85. The zero-order valence-electron chi connectivity index (χ0n) is 7.58. The molecule has 0 spiro atoms. The highest BCUT2D eigenvalue weighted by Crippen LogP contribution is 2.33. The predicted octanol–water partition coefficient (Wildman–Crippen LogP) is 4.87. The van der Waals surface area contributed by atoms with Crippen LogP contribution in [0.5, 0.6) is 0 Å². The van der Waals surface area contributed by atoms with Crippen LogP contribution in [-0.4, -0.2) is 0 Å². The van der Waals surface area contributed by atoms with Crippen molar-refractivity contribution in [2.75, 3.05) is 0 Å². The Morgan fingerprint density at radius 1 is 1.27 bits per heavy atom. The van der Waals surface area contributed by atoms with Gasteiger partial charge in [-0.15, -0.1) is 22.9 Å². The number of benzene rings is 1. The first-order chi connectivity index (χ1) is 7.18. The van der Waals surface area contributed by atoms with Crippen molar-refractivity contribution < 1.29 is 4.39 Å². The van der Waals surface area contributed by atoms with Gasteiger partial charge in [-0.3, -0.25) is 0 Å². The van der Waals surface area contributed by atoms with E-state index in [2.05, 4.69) is 0 Å². The van der Waals surface area contributed by atoms with Gasteiger partial charge in [0, 0.05) is 15.5 Å². The number of halogens is 3. The van der Waals surface area contributed by atoms with Crippen LogP contribution in [-0.2, 0) is 0 Å². The minimum absolute atomic E-state index is 0.365. The lowest BCUT2D eigenvalue weighted by atomic mass is 10.1. The Morgan fingerprint density at radius 2 is 2.07 bits per heavy atom. The van der Waals surface area contributed by atoms with Gasteiger partial charge in [-0.1, -0.05) is 23.7 Å². The minimum Gasteiger partial charge on any atom is -0.207 e. The van der Waals surface area contributed by atoms with Crippen LogP contribution in [0.1, 0.15) is 15.8 Å². The fourth-order valence-corrected chi connectivity index (χ4v) is 2.58. The van der Waals surface area contributed by atoms with Crippen LogP contribution in [0.2, 0.25) is 5.02 Å². The SMILES string of the molecule is Fc1cc(Cl)ccc1C(Cl)c1cccs1. The monoisotopic (exact) mass is 260 g/mol. The van der Waals surface area contributed by atoms with Crippen LogP contribution in [0.3, 0.4) is 0 Å². The Bertz CT molecular complexity index is 454. The molecule has 1 heterocycles. The third kappa shape index (κ3) is 2.33. The molecule has 2 rings (SSSR count). The Kier molecular flexibility index (Phi) is 3.29. The molecule has 0 bridgehead atoms. The molecule has 0 aliphatic heterocycles. The Balaban J connectivity index is 2.38. The minimum atomic E-state index is -0.442. The number of rotatable bonds is 2. The van der Waals surface area contributed by atoms with Crippen molar-refractivity contribution in [3.63, 3.8) is 0 Å². The average molecular weight is 261 g/mol. The van der Waals surface area contributed by atoms with Crippen LogP contribution in [0.4, 0.5) is 4.39 Å². The molecule has 15 heavy (non-hydrogen) atoms. The summed E-state index contributed by atoms with van der Waals surface area (Å²) in [6.45, 7) is 0. The summed E-state index contributed by atoms with van der Waals surface area (Å²) in [4.78, 5) is 0.929. The molecule has 0 aliphatic rings. The summed E-state index contributed by atoms with van der Waals surface area (Å²) in [6.07, 6.45) is 0. The van der Waals surface area contributed by atoms with Gasteiger partial charge in [0.15, 0.2) is 0 Å². The van der Waals surface area contributed by atoms with E-state index in [4.69, 9.17) is 23.2 Å². The number of hydrogen-bond acceptors (Lipinski definition) is 1. The summed E-state index contributed by atoms with van der Waals surface area (Å²) < 4.78 is 13.5. The molecule has 0 saturated carbocycles. The molecule has 0 aliphatic carbocycles. The van der Waals surface area contributed by atoms with Gasteiger partial charge < -0.3 is 0 Å². The molecule has 0 fully saturated rings. The molecular weight excluding hydrogens is 254 g/mol. The van der Waals surface area contributed by atoms with E-state index in [-0.39, 0.29) is 5.82 Å². The summed E-state index contributed by atoms with van der Waals surface area (Å²) in [6, 6.07) is 8.32. The third-order valence-electron chi connectivity index (χ3n) is 2.03. The van der Waals surface area contributed by atoms with E-state index in [9.17, 15) is 4.39 Å². The van der Waals surface area contributed by atoms with Crippen LogP contribution < -0.4 is 0 Å². The molecule has 0 radical (unpaired) electrons. The van der Waals surface area contributed by atoms with Gasteiger partial charge in [0.25, 0.3) is 0 Å². The molecular formula is C11H7Cl2FS. The predicted molar refractivity (Wildman–Crippen MR) is 63.4 cm³/mol. The molecule has 1 atom stereocenters. The van der Waals surface area contributed by atoms with E-state index in [1.54, 1.807) is 12.1 Å². The van der Waals surface area contributed by atoms with Crippen molar-refractivity contribution in [2.45, 2.75) is 5.38 Å². The Hall–Kier alpha value is -0.570. The van der Waals surface area contributed by atoms with Crippen LogP contribution in [0, 0.1) is 5.82 Å². The van der Waals surface area contributed by atoms with Crippen molar-refractivity contribution in [1.29, 1.82) is 0 Å². The van der Waals surface area contributed by atoms with Crippen molar-refractivity contribution in [1.82, 2.24) is 0 Å². The smallest absolute Gasteiger partial charge is 0.129 e. The molecule has 0 amide bonds. The number of alkyl halides is 1. The van der Waals surface area contributed by atoms with Gasteiger partial charge in [0.1, 0.15) is 5.82 Å². The highest BCUT2D eigenvalue weighted by atomic mass is 35.5. The first kappa shape index (κ1) is 10.9. The fourth-order valence-electron chi connectivity index (χ4n) is 1.30.